The lowest BCUT2D eigenvalue weighted by molar-refractivity contribution is -0.139. The highest BCUT2D eigenvalue weighted by Crippen LogP contribution is 2.24. The lowest BCUT2D eigenvalue weighted by atomic mass is 10.1. The number of carbonyl (C=O) groups excluding carboxylic acids is 1. The number of carbonyl (C=O) groups is 1. The Labute approximate surface area is 180 Å². The summed E-state index contributed by atoms with van der Waals surface area (Å²) in [5, 5.41) is 9.70. The van der Waals surface area contributed by atoms with Crippen LogP contribution in [0.1, 0.15) is 18.2 Å². The van der Waals surface area contributed by atoms with E-state index < -0.39 is 0 Å². The number of rotatable bonds is 5. The minimum absolute atomic E-state index is 0.111. The average molecular weight is 416 g/mol. The van der Waals surface area contributed by atoms with Crippen molar-refractivity contribution in [3.05, 3.63) is 66.9 Å². The first-order valence-electron chi connectivity index (χ1n) is 10.4. The zero-order valence-electron chi connectivity index (χ0n) is 17.4. The highest BCUT2D eigenvalue weighted by Gasteiger charge is 2.26. The highest BCUT2D eigenvalue weighted by atomic mass is 16.5. The van der Waals surface area contributed by atoms with E-state index in [2.05, 4.69) is 15.2 Å². The topological polar surface area (TPSA) is 78.1 Å². The summed E-state index contributed by atoms with van der Waals surface area (Å²) in [7, 11) is 1.89. The number of aryl methyl sites for hydroxylation is 2. The van der Waals surface area contributed by atoms with Gasteiger partial charge in [0.05, 0.1) is 43.3 Å². The molecule has 1 amide bonds. The van der Waals surface area contributed by atoms with Crippen LogP contribution in [0.2, 0.25) is 0 Å². The predicted octanol–water partition coefficient (Wildman–Crippen LogP) is 2.82. The Morgan fingerprint density at radius 3 is 2.81 bits per heavy atom. The van der Waals surface area contributed by atoms with Crippen LogP contribution in [0.3, 0.4) is 0 Å². The van der Waals surface area contributed by atoms with Crippen molar-refractivity contribution in [2.45, 2.75) is 19.1 Å². The van der Waals surface area contributed by atoms with Crippen molar-refractivity contribution in [3.8, 4) is 11.1 Å². The number of aromatic nitrogens is 5. The Bertz CT molecular complexity index is 1200. The molecule has 1 aliphatic rings. The SMILES string of the molecule is Cn1cc(-c2ccc([C@H]3CN(C(=O)CCn4ncc5ccccc54)CCO3)nc2)cn1. The number of fused-ring (bicyclic) bond motifs is 1. The maximum atomic E-state index is 12.8. The van der Waals surface area contributed by atoms with Crippen molar-refractivity contribution in [2.75, 3.05) is 19.7 Å². The molecule has 0 unspecified atom stereocenters. The van der Waals surface area contributed by atoms with Crippen LogP contribution >= 0.6 is 0 Å². The van der Waals surface area contributed by atoms with Crippen molar-refractivity contribution in [2.24, 2.45) is 7.05 Å². The number of ether oxygens (including phenoxy) is 1. The molecule has 4 heterocycles. The molecule has 0 N–H and O–H groups in total. The minimum Gasteiger partial charge on any atom is -0.368 e. The van der Waals surface area contributed by atoms with Crippen LogP contribution in [0.25, 0.3) is 22.0 Å². The standard InChI is InChI=1S/C23H24N6O2/c1-27-15-19(14-25-27)17-6-7-20(24-12-17)22-16-28(10-11-31-22)23(30)8-9-29-21-5-3-2-4-18(21)13-26-29/h2-7,12-15,22H,8-11,16H2,1H3/t22-/m1/s1. The van der Waals surface area contributed by atoms with E-state index in [0.717, 1.165) is 27.7 Å². The fourth-order valence-electron chi connectivity index (χ4n) is 3.96. The summed E-state index contributed by atoms with van der Waals surface area (Å²) < 4.78 is 9.57. The molecule has 8 heteroatoms. The second-order valence-corrected chi connectivity index (χ2v) is 7.75. The van der Waals surface area contributed by atoms with Gasteiger partial charge in [-0.2, -0.15) is 10.2 Å². The fourth-order valence-corrected chi connectivity index (χ4v) is 3.96. The van der Waals surface area contributed by atoms with Gasteiger partial charge in [-0.05, 0) is 12.1 Å². The average Bonchev–Trinajstić information content (AvgIpc) is 3.44. The minimum atomic E-state index is -0.216. The van der Waals surface area contributed by atoms with E-state index in [0.29, 0.717) is 32.7 Å². The van der Waals surface area contributed by atoms with Gasteiger partial charge >= 0.3 is 0 Å². The van der Waals surface area contributed by atoms with Gasteiger partial charge in [-0.1, -0.05) is 24.3 Å². The molecule has 1 aromatic carbocycles. The number of hydrogen-bond donors (Lipinski definition) is 0. The third-order valence-electron chi connectivity index (χ3n) is 5.66. The van der Waals surface area contributed by atoms with Crippen LogP contribution in [0.5, 0.6) is 0 Å². The van der Waals surface area contributed by atoms with Crippen LogP contribution in [0, 0.1) is 0 Å². The Hall–Kier alpha value is -3.52. The van der Waals surface area contributed by atoms with Gasteiger partial charge in [0.1, 0.15) is 6.10 Å². The van der Waals surface area contributed by atoms with Gasteiger partial charge < -0.3 is 9.64 Å². The summed E-state index contributed by atoms with van der Waals surface area (Å²) in [6, 6.07) is 12.0. The predicted molar refractivity (Wildman–Crippen MR) is 116 cm³/mol. The van der Waals surface area contributed by atoms with E-state index in [1.54, 1.807) is 4.68 Å². The first kappa shape index (κ1) is 19.4. The number of morpholine rings is 1. The van der Waals surface area contributed by atoms with Crippen molar-refractivity contribution in [1.82, 2.24) is 29.4 Å². The van der Waals surface area contributed by atoms with E-state index in [1.807, 2.05) is 77.8 Å². The number of benzene rings is 1. The van der Waals surface area contributed by atoms with Gasteiger partial charge in [-0.25, -0.2) is 0 Å². The number of para-hydroxylation sites is 1. The number of hydrogen-bond acceptors (Lipinski definition) is 5. The Morgan fingerprint density at radius 1 is 1.10 bits per heavy atom. The van der Waals surface area contributed by atoms with Gasteiger partial charge in [0.2, 0.25) is 5.91 Å². The molecule has 31 heavy (non-hydrogen) atoms. The summed E-state index contributed by atoms with van der Waals surface area (Å²) in [5.41, 5.74) is 3.91. The molecular weight excluding hydrogens is 392 g/mol. The molecule has 1 saturated heterocycles. The third kappa shape index (κ3) is 4.06. The number of nitrogens with zero attached hydrogens (tertiary/aromatic N) is 6. The molecule has 8 nitrogen and oxygen atoms in total. The second kappa shape index (κ2) is 8.31. The van der Waals surface area contributed by atoms with Crippen LogP contribution in [0.15, 0.2) is 61.2 Å². The fraction of sp³-hybridized carbons (Fsp3) is 0.304. The second-order valence-electron chi connectivity index (χ2n) is 7.75. The lowest BCUT2D eigenvalue weighted by Crippen LogP contribution is -2.42. The van der Waals surface area contributed by atoms with Gasteiger partial charge in [-0.3, -0.25) is 19.1 Å². The molecule has 1 fully saturated rings. The molecule has 5 rings (SSSR count). The first-order valence-corrected chi connectivity index (χ1v) is 10.4. The van der Waals surface area contributed by atoms with Crippen molar-refractivity contribution >= 4 is 16.8 Å². The van der Waals surface area contributed by atoms with Crippen molar-refractivity contribution in [3.63, 3.8) is 0 Å². The van der Waals surface area contributed by atoms with Crippen molar-refractivity contribution < 1.29 is 9.53 Å². The summed E-state index contributed by atoms with van der Waals surface area (Å²) in [4.78, 5) is 19.3. The molecule has 3 aromatic heterocycles. The summed E-state index contributed by atoms with van der Waals surface area (Å²) in [6.07, 6.45) is 7.64. The summed E-state index contributed by atoms with van der Waals surface area (Å²) in [5.74, 6) is 0.111. The lowest BCUT2D eigenvalue weighted by Gasteiger charge is -2.32. The molecule has 0 bridgehead atoms. The molecule has 0 radical (unpaired) electrons. The molecule has 1 atom stereocenters. The van der Waals surface area contributed by atoms with Gasteiger partial charge in [-0.15, -0.1) is 0 Å². The maximum absolute atomic E-state index is 12.8. The first-order chi connectivity index (χ1) is 15.2. The summed E-state index contributed by atoms with van der Waals surface area (Å²) in [6.45, 7) is 2.18. The van der Waals surface area contributed by atoms with Gasteiger partial charge in [0, 0.05) is 48.9 Å². The Morgan fingerprint density at radius 2 is 2.00 bits per heavy atom. The van der Waals surface area contributed by atoms with Crippen LogP contribution in [-0.2, 0) is 23.1 Å². The Kier molecular flexibility index (Phi) is 5.21. The van der Waals surface area contributed by atoms with E-state index >= 15 is 0 Å². The van der Waals surface area contributed by atoms with Crippen LogP contribution in [0.4, 0.5) is 0 Å². The largest absolute Gasteiger partial charge is 0.368 e. The van der Waals surface area contributed by atoms with E-state index in [1.165, 1.54) is 0 Å². The molecule has 0 saturated carbocycles. The Balaban J connectivity index is 1.22. The molecule has 0 aliphatic carbocycles. The van der Waals surface area contributed by atoms with E-state index in [9.17, 15) is 4.79 Å². The van der Waals surface area contributed by atoms with E-state index in [-0.39, 0.29) is 12.0 Å². The third-order valence-corrected chi connectivity index (χ3v) is 5.66. The molecule has 4 aromatic rings. The molecule has 0 spiro atoms. The normalized spacial score (nSPS) is 16.7. The van der Waals surface area contributed by atoms with Gasteiger partial charge in [0.15, 0.2) is 0 Å². The maximum Gasteiger partial charge on any atom is 0.224 e. The molecule has 158 valence electrons. The van der Waals surface area contributed by atoms with Gasteiger partial charge in [0.25, 0.3) is 0 Å². The van der Waals surface area contributed by atoms with Crippen molar-refractivity contribution in [1.29, 1.82) is 0 Å². The zero-order valence-corrected chi connectivity index (χ0v) is 17.4. The highest BCUT2D eigenvalue weighted by molar-refractivity contribution is 5.79. The number of amides is 1. The smallest absolute Gasteiger partial charge is 0.224 e. The van der Waals surface area contributed by atoms with Crippen LogP contribution < -0.4 is 0 Å². The van der Waals surface area contributed by atoms with Crippen LogP contribution in [-0.4, -0.2) is 55.0 Å². The molecular formula is C23H24N6O2. The number of pyridine rings is 1. The summed E-state index contributed by atoms with van der Waals surface area (Å²) >= 11 is 0. The zero-order chi connectivity index (χ0) is 21.2. The monoisotopic (exact) mass is 416 g/mol. The quantitative estimate of drug-likeness (QED) is 0.500. The molecule has 1 aliphatic heterocycles. The van der Waals surface area contributed by atoms with E-state index in [4.69, 9.17) is 4.74 Å².